The number of carbonyl (C=O) groups excluding carboxylic acids is 1. The summed E-state index contributed by atoms with van der Waals surface area (Å²) in [6, 6.07) is 21.6. The molecule has 6 nitrogen and oxygen atoms in total. The van der Waals surface area contributed by atoms with Gasteiger partial charge in [-0.3, -0.25) is 9.10 Å². The highest BCUT2D eigenvalue weighted by molar-refractivity contribution is 7.92. The van der Waals surface area contributed by atoms with Crippen molar-refractivity contribution in [2.24, 2.45) is 0 Å². The van der Waals surface area contributed by atoms with Crippen molar-refractivity contribution < 1.29 is 17.9 Å². The van der Waals surface area contributed by atoms with Crippen LogP contribution in [0.3, 0.4) is 0 Å². The van der Waals surface area contributed by atoms with Gasteiger partial charge in [0.1, 0.15) is 5.75 Å². The third-order valence-corrected chi connectivity index (χ3v) is 6.02. The van der Waals surface area contributed by atoms with Gasteiger partial charge >= 0.3 is 0 Å². The molecule has 7 heteroatoms. The zero-order valence-electron chi connectivity index (χ0n) is 15.5. The molecule has 1 N–H and O–H groups in total. The van der Waals surface area contributed by atoms with Gasteiger partial charge in [-0.25, -0.2) is 8.42 Å². The fraction of sp³-hybridized carbons (Fsp3) is 0.0952. The normalized spacial score (nSPS) is 10.9. The van der Waals surface area contributed by atoms with Crippen LogP contribution in [-0.4, -0.2) is 28.5 Å². The van der Waals surface area contributed by atoms with Crippen LogP contribution < -0.4 is 14.4 Å². The van der Waals surface area contributed by atoms with E-state index in [1.54, 1.807) is 86.0 Å². The average Bonchev–Trinajstić information content (AvgIpc) is 2.74. The molecular formula is C21H20N2O4S. The van der Waals surface area contributed by atoms with E-state index in [0.29, 0.717) is 22.7 Å². The molecule has 0 aliphatic carbocycles. The molecule has 0 aliphatic heterocycles. The zero-order valence-corrected chi connectivity index (χ0v) is 16.3. The van der Waals surface area contributed by atoms with Crippen molar-refractivity contribution in [1.82, 2.24) is 0 Å². The van der Waals surface area contributed by atoms with E-state index in [0.717, 1.165) is 0 Å². The van der Waals surface area contributed by atoms with Gasteiger partial charge in [0.25, 0.3) is 15.9 Å². The Morgan fingerprint density at radius 2 is 1.61 bits per heavy atom. The summed E-state index contributed by atoms with van der Waals surface area (Å²) >= 11 is 0. The van der Waals surface area contributed by atoms with Gasteiger partial charge in [0.15, 0.2) is 0 Å². The third kappa shape index (κ3) is 4.15. The summed E-state index contributed by atoms with van der Waals surface area (Å²) in [5.41, 5.74) is 1.48. The molecule has 0 aliphatic rings. The molecule has 0 heterocycles. The first-order valence-electron chi connectivity index (χ1n) is 8.51. The minimum atomic E-state index is -3.66. The van der Waals surface area contributed by atoms with Gasteiger partial charge in [-0.2, -0.15) is 0 Å². The highest BCUT2D eigenvalue weighted by Crippen LogP contribution is 2.23. The predicted molar refractivity (Wildman–Crippen MR) is 109 cm³/mol. The van der Waals surface area contributed by atoms with Gasteiger partial charge in [0.05, 0.1) is 17.7 Å². The Bertz CT molecular complexity index is 1070. The van der Waals surface area contributed by atoms with E-state index in [9.17, 15) is 13.2 Å². The molecule has 0 aromatic heterocycles. The first-order chi connectivity index (χ1) is 13.4. The smallest absolute Gasteiger partial charge is 0.264 e. The minimum Gasteiger partial charge on any atom is -0.497 e. The van der Waals surface area contributed by atoms with E-state index in [-0.39, 0.29) is 10.8 Å². The number of methoxy groups -OCH3 is 1. The second-order valence-electron chi connectivity index (χ2n) is 6.02. The van der Waals surface area contributed by atoms with Gasteiger partial charge in [-0.05, 0) is 48.5 Å². The van der Waals surface area contributed by atoms with Crippen LogP contribution in [0.15, 0.2) is 83.8 Å². The molecule has 3 aromatic carbocycles. The largest absolute Gasteiger partial charge is 0.497 e. The maximum Gasteiger partial charge on any atom is 0.264 e. The van der Waals surface area contributed by atoms with E-state index in [4.69, 9.17) is 4.74 Å². The van der Waals surface area contributed by atoms with Crippen molar-refractivity contribution in [3.8, 4) is 5.75 Å². The topological polar surface area (TPSA) is 75.7 Å². The van der Waals surface area contributed by atoms with Crippen LogP contribution in [-0.2, 0) is 10.0 Å². The van der Waals surface area contributed by atoms with E-state index < -0.39 is 10.0 Å². The van der Waals surface area contributed by atoms with Crippen LogP contribution in [0.2, 0.25) is 0 Å². The Balaban J connectivity index is 1.76. The molecule has 0 atom stereocenters. The standard InChI is InChI=1S/C21H20N2O4S/c1-23(28(25,26)20-9-4-3-5-10-20)18-13-11-16(12-14-18)21(24)22-17-7-6-8-19(15-17)27-2/h3-15H,1-2H3,(H,22,24). The number of benzene rings is 3. The summed E-state index contributed by atoms with van der Waals surface area (Å²) < 4.78 is 31.7. The maximum atomic E-state index is 12.7. The lowest BCUT2D eigenvalue weighted by molar-refractivity contribution is 0.102. The summed E-state index contributed by atoms with van der Waals surface area (Å²) in [5, 5.41) is 2.79. The van der Waals surface area contributed by atoms with Crippen molar-refractivity contribution in [3.05, 3.63) is 84.4 Å². The van der Waals surface area contributed by atoms with Gasteiger partial charge in [-0.15, -0.1) is 0 Å². The lowest BCUT2D eigenvalue weighted by Crippen LogP contribution is -2.26. The molecule has 1 amide bonds. The first kappa shape index (κ1) is 19.4. The minimum absolute atomic E-state index is 0.206. The molecule has 3 aromatic rings. The van der Waals surface area contributed by atoms with Gasteiger partial charge in [0.2, 0.25) is 0 Å². The van der Waals surface area contributed by atoms with Crippen LogP contribution >= 0.6 is 0 Å². The van der Waals surface area contributed by atoms with E-state index >= 15 is 0 Å². The lowest BCUT2D eigenvalue weighted by atomic mass is 10.2. The molecule has 28 heavy (non-hydrogen) atoms. The molecule has 0 unspecified atom stereocenters. The van der Waals surface area contributed by atoms with Crippen LogP contribution in [0.1, 0.15) is 10.4 Å². The third-order valence-electron chi connectivity index (χ3n) is 4.22. The quantitative estimate of drug-likeness (QED) is 0.688. The van der Waals surface area contributed by atoms with Gasteiger partial charge in [-0.1, -0.05) is 24.3 Å². The Hall–Kier alpha value is -3.32. The molecule has 3 rings (SSSR count). The number of hydrogen-bond donors (Lipinski definition) is 1. The molecule has 0 saturated heterocycles. The molecule has 0 spiro atoms. The summed E-state index contributed by atoms with van der Waals surface area (Å²) in [6.07, 6.45) is 0. The lowest BCUT2D eigenvalue weighted by Gasteiger charge is -2.19. The fourth-order valence-electron chi connectivity index (χ4n) is 2.62. The van der Waals surface area contributed by atoms with Crippen molar-refractivity contribution in [3.63, 3.8) is 0 Å². The van der Waals surface area contributed by atoms with Gasteiger partial charge in [0, 0.05) is 24.4 Å². The number of nitrogens with one attached hydrogen (secondary N) is 1. The average molecular weight is 396 g/mol. The molecule has 0 bridgehead atoms. The van der Waals surface area contributed by atoms with Crippen molar-refractivity contribution >= 4 is 27.3 Å². The highest BCUT2D eigenvalue weighted by atomic mass is 32.2. The van der Waals surface area contributed by atoms with Crippen LogP contribution in [0.25, 0.3) is 0 Å². The maximum absolute atomic E-state index is 12.7. The van der Waals surface area contributed by atoms with Crippen molar-refractivity contribution in [2.45, 2.75) is 4.90 Å². The zero-order chi connectivity index (χ0) is 20.1. The van der Waals surface area contributed by atoms with E-state index in [1.165, 1.54) is 11.4 Å². The predicted octanol–water partition coefficient (Wildman–Crippen LogP) is 3.77. The molecule has 0 radical (unpaired) electrons. The number of sulfonamides is 1. The van der Waals surface area contributed by atoms with Crippen LogP contribution in [0.4, 0.5) is 11.4 Å². The number of anilines is 2. The molecule has 144 valence electrons. The number of hydrogen-bond acceptors (Lipinski definition) is 4. The molecule has 0 saturated carbocycles. The second-order valence-corrected chi connectivity index (χ2v) is 7.99. The summed E-state index contributed by atoms with van der Waals surface area (Å²) in [6.45, 7) is 0. The SMILES string of the molecule is COc1cccc(NC(=O)c2ccc(N(C)S(=O)(=O)c3ccccc3)cc2)c1. The number of amides is 1. The number of ether oxygens (including phenoxy) is 1. The molecular weight excluding hydrogens is 376 g/mol. The molecule has 0 fully saturated rings. The summed E-state index contributed by atoms with van der Waals surface area (Å²) in [5.74, 6) is 0.342. The van der Waals surface area contributed by atoms with Gasteiger partial charge < -0.3 is 10.1 Å². The second kappa shape index (κ2) is 8.14. The number of nitrogens with zero attached hydrogens (tertiary/aromatic N) is 1. The Kier molecular flexibility index (Phi) is 5.65. The number of rotatable bonds is 6. The highest BCUT2D eigenvalue weighted by Gasteiger charge is 2.21. The van der Waals surface area contributed by atoms with Crippen molar-refractivity contribution in [2.75, 3.05) is 23.8 Å². The van der Waals surface area contributed by atoms with Crippen LogP contribution in [0, 0.1) is 0 Å². The monoisotopic (exact) mass is 396 g/mol. The summed E-state index contributed by atoms with van der Waals surface area (Å²) in [4.78, 5) is 12.6. The Labute approximate surface area is 164 Å². The van der Waals surface area contributed by atoms with Crippen LogP contribution in [0.5, 0.6) is 5.75 Å². The van der Waals surface area contributed by atoms with Crippen molar-refractivity contribution in [1.29, 1.82) is 0 Å². The van der Waals surface area contributed by atoms with E-state index in [1.807, 2.05) is 0 Å². The fourth-order valence-corrected chi connectivity index (χ4v) is 3.83. The number of carbonyl (C=O) groups is 1. The Morgan fingerprint density at radius 1 is 0.929 bits per heavy atom. The van der Waals surface area contributed by atoms with E-state index in [2.05, 4.69) is 5.32 Å². The summed E-state index contributed by atoms with van der Waals surface area (Å²) in [7, 11) is -0.627. The first-order valence-corrected chi connectivity index (χ1v) is 9.95. The Morgan fingerprint density at radius 3 is 2.25 bits per heavy atom.